The van der Waals surface area contributed by atoms with Crippen LogP contribution in [-0.2, 0) is 32.2 Å². The minimum Gasteiger partial charge on any atom is -0.744 e. The number of amides is 1. The maximum Gasteiger partial charge on any atom is 0.227 e. The number of benzene rings is 4. The van der Waals surface area contributed by atoms with E-state index in [4.69, 9.17) is 27.9 Å². The summed E-state index contributed by atoms with van der Waals surface area (Å²) in [6.07, 6.45) is 7.36. The molecule has 0 unspecified atom stereocenters. The number of nitrogens with zero attached hydrogens (tertiary/aromatic N) is 2. The number of halogens is 2. The Morgan fingerprint density at radius 3 is 2.09 bits per heavy atom. The minimum atomic E-state index is -4.25. The van der Waals surface area contributed by atoms with Crippen molar-refractivity contribution >= 4 is 39.2 Å². The SMILES string of the molecule is CC(C)Oc1cccc(CC(=O)N2CCC[C@](CC[N+]34CCC(c5ccccc5)(CC3)CC4)(c3ccc(Cl)c(Cl)c3)C2)c1.O=S(=O)([O-])c1ccccc1. The van der Waals surface area contributed by atoms with E-state index in [0.29, 0.717) is 21.9 Å². The van der Waals surface area contributed by atoms with Crippen molar-refractivity contribution in [3.8, 4) is 5.75 Å². The predicted molar refractivity (Wildman–Crippen MR) is 211 cm³/mol. The average molecular weight is 778 g/mol. The molecule has 4 fully saturated rings. The van der Waals surface area contributed by atoms with Gasteiger partial charge in [-0.2, -0.15) is 0 Å². The molecule has 10 heteroatoms. The Hall–Kier alpha value is -3.40. The number of likely N-dealkylation sites (tertiary alicyclic amines) is 1. The smallest absolute Gasteiger partial charge is 0.227 e. The van der Waals surface area contributed by atoms with Crippen LogP contribution in [0.25, 0.3) is 0 Å². The first kappa shape index (κ1) is 39.3. The van der Waals surface area contributed by atoms with Crippen molar-refractivity contribution in [1.29, 1.82) is 0 Å². The maximum atomic E-state index is 13.8. The van der Waals surface area contributed by atoms with E-state index in [1.807, 2.05) is 44.2 Å². The van der Waals surface area contributed by atoms with Crippen molar-refractivity contribution < 1.29 is 27.0 Å². The number of hydrogen-bond acceptors (Lipinski definition) is 5. The summed E-state index contributed by atoms with van der Waals surface area (Å²) in [6, 6.07) is 32.5. The molecule has 282 valence electrons. The summed E-state index contributed by atoms with van der Waals surface area (Å²) in [4.78, 5) is 15.7. The number of rotatable bonds is 10. The van der Waals surface area contributed by atoms with Crippen LogP contribution in [0.5, 0.6) is 5.75 Å². The maximum absolute atomic E-state index is 13.8. The summed E-state index contributed by atoms with van der Waals surface area (Å²) >= 11 is 13.0. The van der Waals surface area contributed by atoms with Gasteiger partial charge in [0.2, 0.25) is 5.91 Å². The van der Waals surface area contributed by atoms with Crippen LogP contribution < -0.4 is 4.74 Å². The third-order valence-electron chi connectivity index (χ3n) is 11.8. The summed E-state index contributed by atoms with van der Waals surface area (Å²) in [5, 5.41) is 1.18. The zero-order valence-corrected chi connectivity index (χ0v) is 33.0. The van der Waals surface area contributed by atoms with Crippen molar-refractivity contribution in [2.45, 2.75) is 80.6 Å². The molecule has 7 nitrogen and oxygen atoms in total. The highest BCUT2D eigenvalue weighted by Gasteiger charge is 2.51. The molecule has 0 radical (unpaired) electrons. The second-order valence-electron chi connectivity index (χ2n) is 15.5. The van der Waals surface area contributed by atoms with Gasteiger partial charge in [-0.15, -0.1) is 0 Å². The standard InChI is InChI=1S/C37H45Cl2N2O2.C6H6O3S/c1-28(2)43-32-11-6-8-29(24-32)25-35(42)40-19-7-14-37(27-40,31-12-13-33(38)34(39)26-31)18-23-41-20-15-36(16-21-41,17-22-41)30-9-4-3-5-10-30;7-10(8,9)6-4-2-1-3-5-6/h3-6,8-13,24,26,28H,7,14-23,25,27H2,1-2H3;1-5H,(H,7,8,9)/q+1;/p-1/t36?,37-,41?;/m1./s1. The van der Waals surface area contributed by atoms with Crippen molar-refractivity contribution in [3.05, 3.63) is 130 Å². The molecule has 0 saturated carbocycles. The van der Waals surface area contributed by atoms with Crippen LogP contribution in [0.2, 0.25) is 10.0 Å². The molecule has 4 aromatic rings. The van der Waals surface area contributed by atoms with Crippen molar-refractivity contribution in [3.63, 3.8) is 0 Å². The Morgan fingerprint density at radius 2 is 1.49 bits per heavy atom. The van der Waals surface area contributed by atoms with Gasteiger partial charge in [-0.3, -0.25) is 4.79 Å². The molecule has 0 aromatic heterocycles. The molecular weight excluding hydrogens is 727 g/mol. The van der Waals surface area contributed by atoms with Crippen molar-refractivity contribution in [2.75, 3.05) is 39.3 Å². The molecular formula is C43H50Cl2N2O5S. The summed E-state index contributed by atoms with van der Waals surface area (Å²) in [5.41, 5.74) is 3.97. The van der Waals surface area contributed by atoms with Gasteiger partial charge in [-0.05, 0) is 79.8 Å². The van der Waals surface area contributed by atoms with Crippen LogP contribution in [0.15, 0.2) is 108 Å². The lowest BCUT2D eigenvalue weighted by molar-refractivity contribution is -0.944. The molecule has 2 bridgehead atoms. The Morgan fingerprint density at radius 1 is 0.830 bits per heavy atom. The van der Waals surface area contributed by atoms with E-state index in [-0.39, 0.29) is 22.3 Å². The fraction of sp³-hybridized carbons (Fsp3) is 0.419. The second-order valence-corrected chi connectivity index (χ2v) is 17.7. The zero-order chi connectivity index (χ0) is 37.7. The lowest BCUT2D eigenvalue weighted by Crippen LogP contribution is -2.64. The van der Waals surface area contributed by atoms with Gasteiger partial charge in [-0.1, -0.05) is 89.9 Å². The highest BCUT2D eigenvalue weighted by molar-refractivity contribution is 7.85. The lowest BCUT2D eigenvalue weighted by Gasteiger charge is -2.56. The third-order valence-corrected chi connectivity index (χ3v) is 13.4. The summed E-state index contributed by atoms with van der Waals surface area (Å²) < 4.78 is 37.9. The average Bonchev–Trinajstić information content (AvgIpc) is 3.16. The third kappa shape index (κ3) is 9.46. The van der Waals surface area contributed by atoms with Crippen LogP contribution in [0.1, 0.15) is 69.1 Å². The Balaban J connectivity index is 0.000000417. The van der Waals surface area contributed by atoms with Gasteiger partial charge < -0.3 is 18.7 Å². The van der Waals surface area contributed by atoms with Crippen molar-refractivity contribution in [1.82, 2.24) is 4.90 Å². The van der Waals surface area contributed by atoms with Crippen LogP contribution in [0.4, 0.5) is 0 Å². The summed E-state index contributed by atoms with van der Waals surface area (Å²) in [6.45, 7) is 10.4. The van der Waals surface area contributed by atoms with E-state index in [0.717, 1.165) is 50.2 Å². The Bertz CT molecular complexity index is 1950. The van der Waals surface area contributed by atoms with Gasteiger partial charge in [0.25, 0.3) is 0 Å². The van der Waals surface area contributed by atoms with Gasteiger partial charge in [0, 0.05) is 49.6 Å². The molecule has 8 rings (SSSR count). The number of fused-ring (bicyclic) bond motifs is 3. The van der Waals surface area contributed by atoms with Gasteiger partial charge in [0.05, 0.1) is 53.6 Å². The molecule has 4 heterocycles. The van der Waals surface area contributed by atoms with E-state index in [1.54, 1.807) is 6.07 Å². The number of carbonyl (C=O) groups excluding carboxylic acids is 1. The normalized spacial score (nSPS) is 24.0. The van der Waals surface area contributed by atoms with Crippen LogP contribution in [0, 0.1) is 0 Å². The molecule has 0 aliphatic carbocycles. The van der Waals surface area contributed by atoms with E-state index in [9.17, 15) is 17.8 Å². The first-order valence-electron chi connectivity index (χ1n) is 18.7. The highest BCUT2D eigenvalue weighted by Crippen LogP contribution is 2.48. The van der Waals surface area contributed by atoms with Gasteiger partial charge in [0.15, 0.2) is 0 Å². The molecule has 4 aliphatic heterocycles. The van der Waals surface area contributed by atoms with Gasteiger partial charge in [0.1, 0.15) is 15.9 Å². The predicted octanol–water partition coefficient (Wildman–Crippen LogP) is 8.82. The highest BCUT2D eigenvalue weighted by atomic mass is 35.5. The zero-order valence-electron chi connectivity index (χ0n) is 30.7. The van der Waals surface area contributed by atoms with E-state index < -0.39 is 10.1 Å². The number of hydrogen-bond donors (Lipinski definition) is 0. The van der Waals surface area contributed by atoms with Gasteiger partial charge >= 0.3 is 0 Å². The minimum absolute atomic E-state index is 0.0980. The number of ether oxygens (including phenoxy) is 1. The molecule has 4 aromatic carbocycles. The quantitative estimate of drug-likeness (QED) is 0.119. The first-order chi connectivity index (χ1) is 25.3. The monoisotopic (exact) mass is 776 g/mol. The van der Waals surface area contributed by atoms with Crippen LogP contribution in [0.3, 0.4) is 0 Å². The Labute approximate surface area is 325 Å². The summed E-state index contributed by atoms with van der Waals surface area (Å²) in [5.74, 6) is 0.999. The summed E-state index contributed by atoms with van der Waals surface area (Å²) in [7, 11) is -4.25. The molecule has 1 amide bonds. The number of carbonyl (C=O) groups is 1. The molecule has 1 atom stereocenters. The largest absolute Gasteiger partial charge is 0.744 e. The molecule has 53 heavy (non-hydrogen) atoms. The molecule has 0 N–H and O–H groups in total. The fourth-order valence-electron chi connectivity index (χ4n) is 8.70. The topological polar surface area (TPSA) is 86.7 Å². The van der Waals surface area contributed by atoms with Crippen molar-refractivity contribution in [2.24, 2.45) is 0 Å². The van der Waals surface area contributed by atoms with Gasteiger partial charge in [-0.25, -0.2) is 8.42 Å². The van der Waals surface area contributed by atoms with Crippen LogP contribution in [-0.4, -0.2) is 73.6 Å². The van der Waals surface area contributed by atoms with E-state index in [1.165, 1.54) is 78.8 Å². The molecule has 4 saturated heterocycles. The first-order valence-corrected chi connectivity index (χ1v) is 20.9. The van der Waals surface area contributed by atoms with E-state index >= 15 is 0 Å². The molecule has 4 aliphatic rings. The second kappa shape index (κ2) is 16.5. The fourth-order valence-corrected chi connectivity index (χ4v) is 9.49. The number of quaternary nitrogens is 1. The lowest BCUT2D eigenvalue weighted by atomic mass is 9.65. The number of piperidine rings is 4. The Kier molecular flexibility index (Phi) is 12.3. The molecule has 0 spiro atoms. The van der Waals surface area contributed by atoms with Crippen LogP contribution >= 0.6 is 23.2 Å². The van der Waals surface area contributed by atoms with E-state index in [2.05, 4.69) is 47.4 Å².